The van der Waals surface area contributed by atoms with Crippen LogP contribution in [0.2, 0.25) is 0 Å². The molecule has 1 rings (SSSR count). The van der Waals surface area contributed by atoms with Gasteiger partial charge >= 0.3 is 0 Å². The van der Waals surface area contributed by atoms with E-state index >= 15 is 0 Å². The van der Waals surface area contributed by atoms with Crippen molar-refractivity contribution in [1.82, 2.24) is 10.2 Å². The second kappa shape index (κ2) is 4.54. The summed E-state index contributed by atoms with van der Waals surface area (Å²) in [5.41, 5.74) is 0. The lowest BCUT2D eigenvalue weighted by molar-refractivity contribution is -0.116. The summed E-state index contributed by atoms with van der Waals surface area (Å²) in [6.45, 7) is 0. The molecule has 0 unspecified atom stereocenters. The van der Waals surface area contributed by atoms with Gasteiger partial charge in [0.1, 0.15) is 5.82 Å². The van der Waals surface area contributed by atoms with Gasteiger partial charge in [-0.15, -0.1) is 0 Å². The van der Waals surface area contributed by atoms with Crippen LogP contribution in [-0.4, -0.2) is 22.5 Å². The van der Waals surface area contributed by atoms with Crippen LogP contribution in [0.1, 0.15) is 12.8 Å². The molecule has 0 fully saturated rings. The van der Waals surface area contributed by atoms with Crippen LogP contribution in [0.15, 0.2) is 12.3 Å². The smallest absolute Gasteiger partial charge is 0.239 e. The van der Waals surface area contributed by atoms with E-state index in [4.69, 9.17) is 0 Å². The van der Waals surface area contributed by atoms with E-state index < -0.39 is 18.8 Å². The van der Waals surface area contributed by atoms with Crippen LogP contribution in [0, 0.1) is 0 Å². The van der Waals surface area contributed by atoms with E-state index in [1.54, 1.807) is 6.07 Å². The van der Waals surface area contributed by atoms with Gasteiger partial charge in [0.05, 0.1) is 6.20 Å². The fourth-order valence-electron chi connectivity index (χ4n) is 0.778. The Morgan fingerprint density at radius 1 is 1.69 bits per heavy atom. The first-order valence-electron chi connectivity index (χ1n) is 3.76. The molecular weight excluding hydrogens is 180 g/mol. The molecule has 0 bridgehead atoms. The number of anilines is 1. The van der Waals surface area contributed by atoms with E-state index in [0.29, 0.717) is 5.82 Å². The molecule has 0 saturated carbocycles. The Bertz CT molecular complexity index is 261. The molecule has 0 spiro atoms. The number of alkyl halides is 2. The average molecular weight is 189 g/mol. The van der Waals surface area contributed by atoms with Crippen molar-refractivity contribution in [1.29, 1.82) is 0 Å². The van der Waals surface area contributed by atoms with Gasteiger partial charge in [0.2, 0.25) is 12.3 Å². The van der Waals surface area contributed by atoms with Gasteiger partial charge < -0.3 is 5.32 Å². The van der Waals surface area contributed by atoms with E-state index in [2.05, 4.69) is 15.5 Å². The van der Waals surface area contributed by atoms with Gasteiger partial charge in [-0.25, -0.2) is 8.78 Å². The standard InChI is InChI=1S/C7H9F2N3O/c8-5(9)1-2-7(13)11-6-3-4-10-12-6/h3-5H,1-2H2,(H2,10,11,12,13). The molecular formula is C7H9F2N3O. The van der Waals surface area contributed by atoms with E-state index in [1.165, 1.54) is 6.20 Å². The Balaban J connectivity index is 2.26. The van der Waals surface area contributed by atoms with Gasteiger partial charge in [0.15, 0.2) is 0 Å². The number of nitrogens with zero attached hydrogens (tertiary/aromatic N) is 1. The summed E-state index contributed by atoms with van der Waals surface area (Å²) in [5.74, 6) is -0.0242. The maximum atomic E-state index is 11.7. The van der Waals surface area contributed by atoms with Crippen molar-refractivity contribution >= 4 is 11.7 Å². The molecule has 0 saturated heterocycles. The van der Waals surface area contributed by atoms with E-state index in [0.717, 1.165) is 0 Å². The largest absolute Gasteiger partial charge is 0.311 e. The summed E-state index contributed by atoms with van der Waals surface area (Å²) in [5, 5.41) is 8.46. The molecule has 0 aromatic carbocycles. The molecule has 1 heterocycles. The van der Waals surface area contributed by atoms with Crippen LogP contribution in [0.3, 0.4) is 0 Å². The number of halogens is 2. The van der Waals surface area contributed by atoms with Crippen LogP contribution in [0.25, 0.3) is 0 Å². The van der Waals surface area contributed by atoms with Crippen LogP contribution in [0.4, 0.5) is 14.6 Å². The van der Waals surface area contributed by atoms with Crippen molar-refractivity contribution in [3.63, 3.8) is 0 Å². The fourth-order valence-corrected chi connectivity index (χ4v) is 0.778. The highest BCUT2D eigenvalue weighted by Gasteiger charge is 2.07. The van der Waals surface area contributed by atoms with E-state index in [9.17, 15) is 13.6 Å². The number of hydrogen-bond donors (Lipinski definition) is 2. The third-order valence-corrected chi connectivity index (χ3v) is 1.36. The summed E-state index contributed by atoms with van der Waals surface area (Å²) in [7, 11) is 0. The molecule has 0 atom stereocenters. The first-order chi connectivity index (χ1) is 6.18. The molecule has 0 radical (unpaired) electrons. The average Bonchev–Trinajstić information content (AvgIpc) is 2.53. The molecule has 0 aliphatic carbocycles. The Morgan fingerprint density at radius 3 is 3.00 bits per heavy atom. The van der Waals surface area contributed by atoms with Crippen molar-refractivity contribution in [2.45, 2.75) is 19.3 Å². The van der Waals surface area contributed by atoms with Crippen molar-refractivity contribution in [3.8, 4) is 0 Å². The topological polar surface area (TPSA) is 57.8 Å². The second-order valence-electron chi connectivity index (χ2n) is 2.45. The quantitative estimate of drug-likeness (QED) is 0.751. The normalized spacial score (nSPS) is 10.4. The molecule has 1 aromatic rings. The maximum absolute atomic E-state index is 11.7. The molecule has 13 heavy (non-hydrogen) atoms. The number of H-pyrrole nitrogens is 1. The molecule has 72 valence electrons. The van der Waals surface area contributed by atoms with Gasteiger partial charge in [-0.1, -0.05) is 0 Å². The summed E-state index contributed by atoms with van der Waals surface area (Å²) in [4.78, 5) is 10.9. The highest BCUT2D eigenvalue weighted by molar-refractivity contribution is 5.89. The zero-order valence-corrected chi connectivity index (χ0v) is 6.76. The highest BCUT2D eigenvalue weighted by atomic mass is 19.3. The first kappa shape index (κ1) is 9.63. The summed E-state index contributed by atoms with van der Waals surface area (Å²) < 4.78 is 23.3. The van der Waals surface area contributed by atoms with Gasteiger partial charge in [-0.05, 0) is 0 Å². The van der Waals surface area contributed by atoms with Crippen LogP contribution >= 0.6 is 0 Å². The van der Waals surface area contributed by atoms with Gasteiger partial charge in [0, 0.05) is 18.9 Å². The van der Waals surface area contributed by atoms with Crippen molar-refractivity contribution in [3.05, 3.63) is 12.3 Å². The van der Waals surface area contributed by atoms with Gasteiger partial charge in [-0.2, -0.15) is 5.10 Å². The molecule has 1 amide bonds. The number of nitrogens with one attached hydrogen (secondary N) is 2. The zero-order chi connectivity index (χ0) is 9.68. The zero-order valence-electron chi connectivity index (χ0n) is 6.76. The fraction of sp³-hybridized carbons (Fsp3) is 0.429. The SMILES string of the molecule is O=C(CCC(F)F)Nc1ccn[nH]1. The summed E-state index contributed by atoms with van der Waals surface area (Å²) in [6, 6.07) is 1.54. The lowest BCUT2D eigenvalue weighted by Gasteiger charge is -2.00. The van der Waals surface area contributed by atoms with Gasteiger partial charge in [0.25, 0.3) is 0 Å². The third kappa shape index (κ3) is 3.64. The Morgan fingerprint density at radius 2 is 2.46 bits per heavy atom. The lowest BCUT2D eigenvalue weighted by Crippen LogP contribution is -2.12. The Kier molecular flexibility index (Phi) is 3.36. The van der Waals surface area contributed by atoms with Crippen LogP contribution in [0.5, 0.6) is 0 Å². The Labute approximate surface area is 73.3 Å². The van der Waals surface area contributed by atoms with Crippen molar-refractivity contribution in [2.24, 2.45) is 0 Å². The summed E-state index contributed by atoms with van der Waals surface area (Å²) >= 11 is 0. The van der Waals surface area contributed by atoms with Gasteiger partial charge in [-0.3, -0.25) is 9.89 Å². The number of carbonyl (C=O) groups excluding carboxylic acids is 1. The maximum Gasteiger partial charge on any atom is 0.239 e. The number of hydrogen-bond acceptors (Lipinski definition) is 2. The number of rotatable bonds is 4. The molecule has 0 aliphatic heterocycles. The van der Waals surface area contributed by atoms with Crippen LogP contribution in [-0.2, 0) is 4.79 Å². The molecule has 0 aliphatic rings. The minimum Gasteiger partial charge on any atom is -0.311 e. The third-order valence-electron chi connectivity index (χ3n) is 1.36. The summed E-state index contributed by atoms with van der Waals surface area (Å²) in [6.07, 6.45) is -1.58. The molecule has 6 heteroatoms. The van der Waals surface area contributed by atoms with E-state index in [-0.39, 0.29) is 6.42 Å². The predicted octanol–water partition coefficient (Wildman–Crippen LogP) is 1.39. The highest BCUT2D eigenvalue weighted by Crippen LogP contribution is 2.05. The number of aromatic amines is 1. The van der Waals surface area contributed by atoms with Crippen molar-refractivity contribution < 1.29 is 13.6 Å². The van der Waals surface area contributed by atoms with Crippen molar-refractivity contribution in [2.75, 3.05) is 5.32 Å². The minimum absolute atomic E-state index is 0.184. The van der Waals surface area contributed by atoms with E-state index in [1.807, 2.05) is 0 Å². The first-order valence-corrected chi connectivity index (χ1v) is 3.76. The number of aromatic nitrogens is 2. The number of amides is 1. The van der Waals surface area contributed by atoms with Crippen LogP contribution < -0.4 is 5.32 Å². The monoisotopic (exact) mass is 189 g/mol. The second-order valence-corrected chi connectivity index (χ2v) is 2.45. The molecule has 2 N–H and O–H groups in total. The molecule has 4 nitrogen and oxygen atoms in total. The minimum atomic E-state index is -2.44. The lowest BCUT2D eigenvalue weighted by atomic mass is 10.3. The predicted molar refractivity (Wildman–Crippen MR) is 42.5 cm³/mol. The number of carbonyl (C=O) groups is 1. The Hall–Kier alpha value is -1.46. The molecule has 1 aromatic heterocycles.